The van der Waals surface area contributed by atoms with Gasteiger partial charge in [-0.25, -0.2) is 0 Å². The number of nitrogens with zero attached hydrogens (tertiary/aromatic N) is 2. The molecule has 6 nitrogen and oxygen atoms in total. The molecule has 2 fully saturated rings. The number of benzene rings is 1. The van der Waals surface area contributed by atoms with Crippen LogP contribution in [0.5, 0.6) is 0 Å². The van der Waals surface area contributed by atoms with Crippen molar-refractivity contribution >= 4 is 17.7 Å². The predicted octanol–water partition coefficient (Wildman–Crippen LogP) is 2.30. The Balaban J connectivity index is 1.62. The number of likely N-dealkylation sites (tertiary alicyclic amines) is 1. The van der Waals surface area contributed by atoms with E-state index >= 15 is 0 Å². The van der Waals surface area contributed by atoms with Crippen molar-refractivity contribution in [2.75, 3.05) is 25.0 Å². The van der Waals surface area contributed by atoms with Crippen molar-refractivity contribution in [2.45, 2.75) is 25.3 Å². The van der Waals surface area contributed by atoms with Crippen LogP contribution >= 0.6 is 0 Å². The van der Waals surface area contributed by atoms with E-state index in [0.29, 0.717) is 23.5 Å². The second-order valence-electron chi connectivity index (χ2n) is 5.91. The van der Waals surface area contributed by atoms with E-state index in [1.165, 1.54) is 18.9 Å². The molecule has 1 saturated heterocycles. The molecule has 21 heavy (non-hydrogen) atoms. The number of anilines is 1. The summed E-state index contributed by atoms with van der Waals surface area (Å²) in [6.45, 7) is 2.96. The molecule has 3 rings (SSSR count). The number of nitrogens with one attached hydrogen (secondary N) is 1. The van der Waals surface area contributed by atoms with Gasteiger partial charge in [-0.15, -0.1) is 0 Å². The van der Waals surface area contributed by atoms with Crippen LogP contribution in [0.1, 0.15) is 29.6 Å². The number of hydrogen-bond acceptors (Lipinski definition) is 5. The highest BCUT2D eigenvalue weighted by Crippen LogP contribution is 2.32. The van der Waals surface area contributed by atoms with Gasteiger partial charge in [0.05, 0.1) is 4.92 Å². The van der Waals surface area contributed by atoms with E-state index in [4.69, 9.17) is 0 Å². The van der Waals surface area contributed by atoms with Crippen molar-refractivity contribution < 1.29 is 9.72 Å². The summed E-state index contributed by atoms with van der Waals surface area (Å²) in [6.07, 6.45) is 4.41. The first kappa shape index (κ1) is 14.0. The van der Waals surface area contributed by atoms with Gasteiger partial charge in [0.25, 0.3) is 5.69 Å². The Morgan fingerprint density at radius 2 is 2.19 bits per heavy atom. The average Bonchev–Trinajstić information content (AvgIpc) is 3.24. The van der Waals surface area contributed by atoms with Crippen molar-refractivity contribution in [2.24, 2.45) is 5.92 Å². The van der Waals surface area contributed by atoms with Gasteiger partial charge >= 0.3 is 0 Å². The van der Waals surface area contributed by atoms with Gasteiger partial charge in [-0.1, -0.05) is 0 Å². The number of aldehydes is 1. The zero-order valence-corrected chi connectivity index (χ0v) is 11.8. The summed E-state index contributed by atoms with van der Waals surface area (Å²) in [5.74, 6) is 0.538. The molecule has 1 atom stereocenters. The smallest absolute Gasteiger partial charge is 0.293 e. The molecule has 1 saturated carbocycles. The van der Waals surface area contributed by atoms with Crippen LogP contribution in [0, 0.1) is 16.0 Å². The van der Waals surface area contributed by atoms with Gasteiger partial charge in [0, 0.05) is 30.8 Å². The number of carbonyl (C=O) groups excluding carboxylic acids is 1. The molecule has 0 amide bonds. The zero-order valence-electron chi connectivity index (χ0n) is 11.8. The third-order valence-electron chi connectivity index (χ3n) is 4.32. The summed E-state index contributed by atoms with van der Waals surface area (Å²) in [6, 6.07) is 5.33. The van der Waals surface area contributed by atoms with E-state index in [1.54, 1.807) is 12.1 Å². The molecular formula is C15H19N3O3. The van der Waals surface area contributed by atoms with Gasteiger partial charge in [-0.3, -0.25) is 14.9 Å². The fourth-order valence-corrected chi connectivity index (χ4v) is 2.98. The van der Waals surface area contributed by atoms with Crippen LogP contribution in [0.4, 0.5) is 11.4 Å². The molecule has 1 aliphatic carbocycles. The van der Waals surface area contributed by atoms with Gasteiger partial charge in [0.1, 0.15) is 12.0 Å². The van der Waals surface area contributed by atoms with Gasteiger partial charge in [0.2, 0.25) is 0 Å². The number of nitro benzene ring substituents is 1. The Labute approximate surface area is 123 Å². The van der Waals surface area contributed by atoms with Crippen LogP contribution < -0.4 is 5.32 Å². The van der Waals surface area contributed by atoms with Crippen LogP contribution in [-0.4, -0.2) is 41.8 Å². The monoisotopic (exact) mass is 289 g/mol. The summed E-state index contributed by atoms with van der Waals surface area (Å²) in [4.78, 5) is 23.9. The van der Waals surface area contributed by atoms with Gasteiger partial charge in [-0.2, -0.15) is 0 Å². The van der Waals surface area contributed by atoms with E-state index in [9.17, 15) is 14.9 Å². The lowest BCUT2D eigenvalue weighted by atomic mass is 10.1. The van der Waals surface area contributed by atoms with E-state index < -0.39 is 4.92 Å². The molecule has 1 heterocycles. The molecule has 0 aromatic heterocycles. The first-order valence-corrected chi connectivity index (χ1v) is 7.39. The maximum absolute atomic E-state index is 11.1. The van der Waals surface area contributed by atoms with Crippen molar-refractivity contribution in [3.05, 3.63) is 33.9 Å². The average molecular weight is 289 g/mol. The molecule has 1 N–H and O–H groups in total. The third kappa shape index (κ3) is 3.21. The van der Waals surface area contributed by atoms with Crippen LogP contribution in [0.2, 0.25) is 0 Å². The first-order chi connectivity index (χ1) is 10.2. The number of hydrogen-bond donors (Lipinski definition) is 1. The minimum Gasteiger partial charge on any atom is -0.379 e. The summed E-state index contributed by atoms with van der Waals surface area (Å²) < 4.78 is 0. The van der Waals surface area contributed by atoms with Gasteiger partial charge in [0.15, 0.2) is 0 Å². The molecule has 6 heteroatoms. The topological polar surface area (TPSA) is 75.5 Å². The van der Waals surface area contributed by atoms with Crippen molar-refractivity contribution in [3.63, 3.8) is 0 Å². The summed E-state index contributed by atoms with van der Waals surface area (Å²) >= 11 is 0. The summed E-state index contributed by atoms with van der Waals surface area (Å²) in [5.41, 5.74) is 0.792. The van der Waals surface area contributed by atoms with Crippen molar-refractivity contribution in [1.82, 2.24) is 4.90 Å². The van der Waals surface area contributed by atoms with Crippen LogP contribution in [0.15, 0.2) is 18.2 Å². The normalized spacial score (nSPS) is 22.2. The van der Waals surface area contributed by atoms with Crippen LogP contribution in [-0.2, 0) is 0 Å². The number of rotatable bonds is 6. The fraction of sp³-hybridized carbons (Fsp3) is 0.533. The minimum atomic E-state index is -0.444. The Morgan fingerprint density at radius 3 is 2.86 bits per heavy atom. The Morgan fingerprint density at radius 1 is 1.38 bits per heavy atom. The standard InChI is InChI=1S/C15H19N3O3/c19-10-11-1-4-14(15(7-11)18(20)21)16-8-12-5-6-17(9-12)13-2-3-13/h1,4,7,10,12-13,16H,2-3,5-6,8-9H2. The molecule has 1 aliphatic heterocycles. The van der Waals surface area contributed by atoms with E-state index in [2.05, 4.69) is 10.2 Å². The van der Waals surface area contributed by atoms with Crippen molar-refractivity contribution in [3.8, 4) is 0 Å². The van der Waals surface area contributed by atoms with E-state index in [1.807, 2.05) is 0 Å². The lowest BCUT2D eigenvalue weighted by Gasteiger charge is -2.15. The molecule has 2 aliphatic rings. The lowest BCUT2D eigenvalue weighted by Crippen LogP contribution is -2.24. The molecule has 0 bridgehead atoms. The number of carbonyl (C=O) groups is 1. The number of nitro groups is 1. The van der Waals surface area contributed by atoms with Crippen molar-refractivity contribution in [1.29, 1.82) is 0 Å². The highest BCUT2D eigenvalue weighted by Gasteiger charge is 2.34. The van der Waals surface area contributed by atoms with Crippen LogP contribution in [0.25, 0.3) is 0 Å². The second kappa shape index (κ2) is 5.81. The minimum absolute atomic E-state index is 0.0309. The molecular weight excluding hydrogens is 270 g/mol. The lowest BCUT2D eigenvalue weighted by molar-refractivity contribution is -0.384. The highest BCUT2D eigenvalue weighted by molar-refractivity contribution is 5.79. The van der Waals surface area contributed by atoms with E-state index in [-0.39, 0.29) is 5.69 Å². The second-order valence-corrected chi connectivity index (χ2v) is 5.91. The summed E-state index contributed by atoms with van der Waals surface area (Å²) in [5, 5.41) is 14.3. The Bertz CT molecular complexity index is 557. The SMILES string of the molecule is O=Cc1ccc(NCC2CCN(C3CC3)C2)c([N+](=O)[O-])c1. The molecule has 1 unspecified atom stereocenters. The molecule has 1 aromatic rings. The van der Waals surface area contributed by atoms with Crippen LogP contribution in [0.3, 0.4) is 0 Å². The highest BCUT2D eigenvalue weighted by atomic mass is 16.6. The van der Waals surface area contributed by atoms with Gasteiger partial charge in [-0.05, 0) is 43.9 Å². The predicted molar refractivity (Wildman–Crippen MR) is 79.7 cm³/mol. The third-order valence-corrected chi connectivity index (χ3v) is 4.32. The zero-order chi connectivity index (χ0) is 14.8. The molecule has 0 spiro atoms. The van der Waals surface area contributed by atoms with Gasteiger partial charge < -0.3 is 10.2 Å². The largest absolute Gasteiger partial charge is 0.379 e. The summed E-state index contributed by atoms with van der Waals surface area (Å²) in [7, 11) is 0. The quantitative estimate of drug-likeness (QED) is 0.494. The Hall–Kier alpha value is -1.95. The Kier molecular flexibility index (Phi) is 3.88. The van der Waals surface area contributed by atoms with E-state index in [0.717, 1.165) is 32.1 Å². The molecule has 112 valence electrons. The first-order valence-electron chi connectivity index (χ1n) is 7.39. The molecule has 0 radical (unpaired) electrons. The maximum atomic E-state index is 11.1. The molecule has 1 aromatic carbocycles. The maximum Gasteiger partial charge on any atom is 0.293 e. The fourth-order valence-electron chi connectivity index (χ4n) is 2.98.